The van der Waals surface area contributed by atoms with Crippen LogP contribution in [0.3, 0.4) is 0 Å². The first-order chi connectivity index (χ1) is 6.76. The molecule has 68 valence electrons. The fourth-order valence-electron chi connectivity index (χ4n) is 0.954. The van der Waals surface area contributed by atoms with Crippen molar-refractivity contribution in [3.8, 4) is 12.1 Å². The molecule has 0 atom stereocenters. The minimum absolute atomic E-state index is 0.0237. The number of nitrogens with zero attached hydrogens (tertiary/aromatic N) is 2. The number of rotatable bonds is 2. The van der Waals surface area contributed by atoms with Crippen LogP contribution in [0.5, 0.6) is 0 Å². The van der Waals surface area contributed by atoms with E-state index in [9.17, 15) is 10.4 Å². The van der Waals surface area contributed by atoms with E-state index in [1.54, 1.807) is 12.1 Å². The summed E-state index contributed by atoms with van der Waals surface area (Å²) >= 11 is 0. The maximum Gasteiger partial charge on any atom is 0.101 e. The average molecular weight is 188 g/mol. The van der Waals surface area contributed by atoms with Crippen molar-refractivity contribution in [1.82, 2.24) is 0 Å². The fourth-order valence-corrected chi connectivity index (χ4v) is 0.954. The molecule has 0 amide bonds. The Morgan fingerprint density at radius 1 is 0.929 bits per heavy atom. The summed E-state index contributed by atoms with van der Waals surface area (Å²) in [5, 5.41) is 37.9. The van der Waals surface area contributed by atoms with E-state index in [1.165, 1.54) is 17.0 Å². The Kier molecular flexibility index (Phi) is 2.87. The second kappa shape index (κ2) is 4.10. The van der Waals surface area contributed by atoms with Crippen molar-refractivity contribution >= 4 is 11.4 Å². The van der Waals surface area contributed by atoms with Crippen LogP contribution in [0.2, 0.25) is 0 Å². The number of anilines is 2. The van der Waals surface area contributed by atoms with E-state index in [1.807, 2.05) is 0 Å². The summed E-state index contributed by atoms with van der Waals surface area (Å²) in [7, 11) is 0. The Balaban J connectivity index is 3.39. The lowest BCUT2D eigenvalue weighted by atomic mass is 10.1. The molecule has 0 fully saturated rings. The van der Waals surface area contributed by atoms with Crippen LogP contribution in [0.4, 0.5) is 11.4 Å². The minimum Gasteiger partial charge on any atom is -0.232 e. The molecule has 6 heteroatoms. The second-order valence-corrected chi connectivity index (χ2v) is 2.37. The molecule has 1 aromatic carbocycles. The molecule has 0 aliphatic heterocycles. The predicted molar refractivity (Wildman–Crippen MR) is 44.5 cm³/mol. The van der Waals surface area contributed by atoms with E-state index in [0.717, 1.165) is 6.07 Å². The van der Waals surface area contributed by atoms with Gasteiger partial charge in [-0.3, -0.25) is 0 Å². The first-order valence-corrected chi connectivity index (χ1v) is 3.51. The summed E-state index contributed by atoms with van der Waals surface area (Å²) in [6.45, 7) is 0. The molecule has 0 spiro atoms. The summed E-state index contributed by atoms with van der Waals surface area (Å²) in [4.78, 5) is 0. The van der Waals surface area contributed by atoms with Crippen molar-refractivity contribution < 1.29 is 10.4 Å². The zero-order chi connectivity index (χ0) is 10.6. The number of hydrogen-bond donors (Lipinski definition) is 2. The summed E-state index contributed by atoms with van der Waals surface area (Å²) < 4.78 is 0. The van der Waals surface area contributed by atoms with E-state index in [2.05, 4.69) is 0 Å². The van der Waals surface area contributed by atoms with Crippen LogP contribution < -0.4 is 11.0 Å². The Labute approximate surface area is 79.5 Å². The first kappa shape index (κ1) is 9.81. The third kappa shape index (κ3) is 1.57. The zero-order valence-corrected chi connectivity index (χ0v) is 6.87. The van der Waals surface area contributed by atoms with Crippen molar-refractivity contribution in [1.29, 1.82) is 10.5 Å². The van der Waals surface area contributed by atoms with Gasteiger partial charge in [-0.05, 0) is 12.1 Å². The van der Waals surface area contributed by atoms with Gasteiger partial charge in [0, 0.05) is 0 Å². The van der Waals surface area contributed by atoms with Crippen molar-refractivity contribution in [3.05, 3.63) is 23.3 Å². The van der Waals surface area contributed by atoms with Crippen molar-refractivity contribution in [2.24, 2.45) is 0 Å². The summed E-state index contributed by atoms with van der Waals surface area (Å²) in [5.41, 5.74) is 3.00. The Morgan fingerprint density at radius 3 is 1.64 bits per heavy atom. The summed E-state index contributed by atoms with van der Waals surface area (Å²) in [6.07, 6.45) is 0. The van der Waals surface area contributed by atoms with Crippen LogP contribution >= 0.6 is 0 Å². The lowest BCUT2D eigenvalue weighted by molar-refractivity contribution is 0.271. The molecule has 0 saturated carbocycles. The van der Waals surface area contributed by atoms with E-state index in [0.29, 0.717) is 0 Å². The summed E-state index contributed by atoms with van der Waals surface area (Å²) in [6, 6.07) is 5.75. The van der Waals surface area contributed by atoms with Gasteiger partial charge in [0.25, 0.3) is 0 Å². The van der Waals surface area contributed by atoms with Gasteiger partial charge in [-0.1, -0.05) is 10.4 Å². The number of nitriles is 2. The van der Waals surface area contributed by atoms with Gasteiger partial charge in [-0.15, -0.1) is 0 Å². The molecule has 1 rings (SSSR count). The van der Waals surface area contributed by atoms with Crippen LogP contribution in [-0.2, 0) is 10.4 Å². The minimum atomic E-state index is -0.0372. The van der Waals surface area contributed by atoms with Gasteiger partial charge >= 0.3 is 0 Å². The molecule has 2 N–H and O–H groups in total. The largest absolute Gasteiger partial charge is 0.232 e. The van der Waals surface area contributed by atoms with E-state index in [-0.39, 0.29) is 22.5 Å². The fraction of sp³-hybridized carbons (Fsp3) is 0. The third-order valence-corrected chi connectivity index (χ3v) is 1.62. The normalized spacial score (nSPS) is 8.57. The monoisotopic (exact) mass is 188 g/mol. The lowest BCUT2D eigenvalue weighted by Gasteiger charge is -2.04. The van der Waals surface area contributed by atoms with E-state index < -0.39 is 0 Å². The molecule has 0 aliphatic rings. The molecular weight excluding hydrogens is 184 g/mol. The second-order valence-electron chi connectivity index (χ2n) is 2.37. The Morgan fingerprint density at radius 2 is 1.36 bits per heavy atom. The third-order valence-electron chi connectivity index (χ3n) is 1.62. The van der Waals surface area contributed by atoms with Gasteiger partial charge in [0.15, 0.2) is 0 Å². The van der Waals surface area contributed by atoms with Gasteiger partial charge in [-0.25, -0.2) is 11.0 Å². The van der Waals surface area contributed by atoms with Crippen LogP contribution in [-0.4, -0.2) is 0 Å². The predicted octanol–water partition coefficient (Wildman–Crippen LogP) is 0.945. The number of hydrogen-bond acceptors (Lipinski definition) is 4. The molecule has 2 radical (unpaired) electrons. The highest BCUT2D eigenvalue weighted by Gasteiger charge is 2.09. The molecule has 0 heterocycles. The van der Waals surface area contributed by atoms with Crippen LogP contribution in [0.25, 0.3) is 0 Å². The van der Waals surface area contributed by atoms with Gasteiger partial charge < -0.3 is 0 Å². The maximum atomic E-state index is 10.4. The van der Waals surface area contributed by atoms with E-state index >= 15 is 0 Å². The standard InChI is InChI=1S/C8H4N4O2/c9-3-5-1-6(4-10)8(12-14)2-7(5)11-13/h1-2,11-12H. The van der Waals surface area contributed by atoms with Gasteiger partial charge in [-0.2, -0.15) is 10.5 Å². The summed E-state index contributed by atoms with van der Waals surface area (Å²) in [5.74, 6) is 0. The Bertz CT molecular complexity index is 393. The maximum absolute atomic E-state index is 10.4. The SMILES string of the molecule is N#Cc1cc(C#N)c(N[O])cc1N[O]. The molecule has 0 unspecified atom stereocenters. The molecule has 14 heavy (non-hydrogen) atoms. The average Bonchev–Trinajstić information content (AvgIpc) is 2.26. The highest BCUT2D eigenvalue weighted by Crippen LogP contribution is 2.23. The lowest BCUT2D eigenvalue weighted by Crippen LogP contribution is -1.97. The quantitative estimate of drug-likeness (QED) is 0.672. The van der Waals surface area contributed by atoms with Crippen LogP contribution in [0, 0.1) is 22.7 Å². The molecule has 0 aliphatic carbocycles. The van der Waals surface area contributed by atoms with Crippen LogP contribution in [0.1, 0.15) is 11.1 Å². The number of nitrogens with one attached hydrogen (secondary N) is 2. The highest BCUT2D eigenvalue weighted by atomic mass is 16.5. The molecule has 0 saturated heterocycles. The van der Waals surface area contributed by atoms with Gasteiger partial charge in [0.2, 0.25) is 0 Å². The smallest absolute Gasteiger partial charge is 0.101 e. The van der Waals surface area contributed by atoms with Gasteiger partial charge in [0.1, 0.15) is 12.1 Å². The molecular formula is C8H4N4O2. The van der Waals surface area contributed by atoms with Crippen molar-refractivity contribution in [3.63, 3.8) is 0 Å². The molecule has 6 nitrogen and oxygen atoms in total. The van der Waals surface area contributed by atoms with Crippen molar-refractivity contribution in [2.75, 3.05) is 11.0 Å². The first-order valence-electron chi connectivity index (χ1n) is 3.51. The molecule has 0 aromatic heterocycles. The topological polar surface area (TPSA) is 111 Å². The van der Waals surface area contributed by atoms with E-state index in [4.69, 9.17) is 10.5 Å². The molecule has 1 aromatic rings. The van der Waals surface area contributed by atoms with Crippen molar-refractivity contribution in [2.45, 2.75) is 0 Å². The Hall–Kier alpha value is -2.28. The zero-order valence-electron chi connectivity index (χ0n) is 6.87. The number of benzene rings is 1. The molecule has 0 bridgehead atoms. The van der Waals surface area contributed by atoms with Crippen LogP contribution in [0.15, 0.2) is 12.1 Å². The van der Waals surface area contributed by atoms with Gasteiger partial charge in [0.05, 0.1) is 22.5 Å². The highest BCUT2D eigenvalue weighted by molar-refractivity contribution is 5.69.